The van der Waals surface area contributed by atoms with Crippen LogP contribution in [-0.2, 0) is 17.6 Å². The van der Waals surface area contributed by atoms with Gasteiger partial charge in [0.2, 0.25) is 0 Å². The number of ether oxygens (including phenoxy) is 2. The fraction of sp³-hybridized carbons (Fsp3) is 0.625. The quantitative estimate of drug-likeness (QED) is 0.805. The van der Waals surface area contributed by atoms with Crippen LogP contribution in [-0.4, -0.2) is 31.9 Å². The Hall–Kier alpha value is -0.580. The fourth-order valence-corrected chi connectivity index (χ4v) is 2.87. The molecule has 1 aliphatic heterocycles. The molecule has 0 fully saturated rings. The molecule has 1 aromatic rings. The predicted molar refractivity (Wildman–Crippen MR) is 85.6 cm³/mol. The summed E-state index contributed by atoms with van der Waals surface area (Å²) in [5, 5.41) is 3.41. The van der Waals surface area contributed by atoms with Crippen molar-refractivity contribution in [1.29, 1.82) is 0 Å². The Balaban J connectivity index is 1.75. The molecule has 3 nitrogen and oxygen atoms in total. The van der Waals surface area contributed by atoms with Gasteiger partial charge in [-0.1, -0.05) is 15.9 Å². The summed E-state index contributed by atoms with van der Waals surface area (Å²) in [4.78, 5) is 0. The molecule has 0 atom stereocenters. The summed E-state index contributed by atoms with van der Waals surface area (Å²) in [7, 11) is 0. The Kier molecular flexibility index (Phi) is 5.47. The SMILES string of the molecule is CC(C)(C)NCCOCCc1cc(Br)cc2c1OCC2. The molecule has 112 valence electrons. The third-order valence-corrected chi connectivity index (χ3v) is 3.70. The van der Waals surface area contributed by atoms with E-state index in [1.165, 1.54) is 11.1 Å². The van der Waals surface area contributed by atoms with Crippen LogP contribution in [0.15, 0.2) is 16.6 Å². The minimum Gasteiger partial charge on any atom is -0.493 e. The van der Waals surface area contributed by atoms with Crippen LogP contribution >= 0.6 is 15.9 Å². The Bertz CT molecular complexity index is 455. The van der Waals surface area contributed by atoms with Crippen LogP contribution in [0.3, 0.4) is 0 Å². The van der Waals surface area contributed by atoms with Crippen molar-refractivity contribution in [3.05, 3.63) is 27.7 Å². The minimum atomic E-state index is 0.155. The molecule has 0 unspecified atom stereocenters. The molecular weight excluding hydrogens is 318 g/mol. The van der Waals surface area contributed by atoms with Gasteiger partial charge in [-0.25, -0.2) is 0 Å². The first kappa shape index (κ1) is 15.8. The van der Waals surface area contributed by atoms with E-state index in [0.29, 0.717) is 0 Å². The molecule has 2 rings (SSSR count). The van der Waals surface area contributed by atoms with Gasteiger partial charge < -0.3 is 14.8 Å². The molecule has 0 saturated carbocycles. The molecular formula is C16H24BrNO2. The zero-order valence-electron chi connectivity index (χ0n) is 12.6. The van der Waals surface area contributed by atoms with Gasteiger partial charge in [-0.05, 0) is 50.5 Å². The highest BCUT2D eigenvalue weighted by Gasteiger charge is 2.17. The van der Waals surface area contributed by atoms with Gasteiger partial charge in [-0.3, -0.25) is 0 Å². The molecule has 1 N–H and O–H groups in total. The Morgan fingerprint density at radius 2 is 2.10 bits per heavy atom. The number of nitrogens with one attached hydrogen (secondary N) is 1. The number of benzene rings is 1. The molecule has 1 heterocycles. The van der Waals surface area contributed by atoms with Crippen LogP contribution in [0.1, 0.15) is 31.9 Å². The van der Waals surface area contributed by atoms with Crippen molar-refractivity contribution in [2.24, 2.45) is 0 Å². The molecule has 0 bridgehead atoms. The van der Waals surface area contributed by atoms with Crippen LogP contribution < -0.4 is 10.1 Å². The highest BCUT2D eigenvalue weighted by molar-refractivity contribution is 9.10. The summed E-state index contributed by atoms with van der Waals surface area (Å²) in [6, 6.07) is 4.29. The van der Waals surface area contributed by atoms with Crippen molar-refractivity contribution in [3.8, 4) is 5.75 Å². The van der Waals surface area contributed by atoms with Gasteiger partial charge in [-0.2, -0.15) is 0 Å². The van der Waals surface area contributed by atoms with Gasteiger partial charge in [0, 0.05) is 23.0 Å². The molecule has 0 aromatic heterocycles. The number of rotatable bonds is 6. The van der Waals surface area contributed by atoms with Crippen molar-refractivity contribution in [1.82, 2.24) is 5.32 Å². The second kappa shape index (κ2) is 6.92. The lowest BCUT2D eigenvalue weighted by atomic mass is 10.1. The Morgan fingerprint density at radius 3 is 2.85 bits per heavy atom. The number of fused-ring (bicyclic) bond motifs is 1. The lowest BCUT2D eigenvalue weighted by Gasteiger charge is -2.20. The molecule has 0 radical (unpaired) electrons. The molecule has 0 aliphatic carbocycles. The summed E-state index contributed by atoms with van der Waals surface area (Å²) in [6.45, 7) is 9.65. The van der Waals surface area contributed by atoms with Crippen molar-refractivity contribution in [3.63, 3.8) is 0 Å². The average molecular weight is 342 g/mol. The van der Waals surface area contributed by atoms with Gasteiger partial charge >= 0.3 is 0 Å². The van der Waals surface area contributed by atoms with Crippen molar-refractivity contribution in [2.75, 3.05) is 26.4 Å². The number of halogens is 1. The van der Waals surface area contributed by atoms with E-state index in [-0.39, 0.29) is 5.54 Å². The third kappa shape index (κ3) is 4.76. The monoisotopic (exact) mass is 341 g/mol. The first-order valence-corrected chi connectivity index (χ1v) is 8.02. The van der Waals surface area contributed by atoms with Crippen LogP contribution in [0.4, 0.5) is 0 Å². The van der Waals surface area contributed by atoms with Gasteiger partial charge in [0.05, 0.1) is 19.8 Å². The Morgan fingerprint density at radius 1 is 1.30 bits per heavy atom. The first-order chi connectivity index (χ1) is 9.46. The summed E-state index contributed by atoms with van der Waals surface area (Å²) >= 11 is 3.57. The van der Waals surface area contributed by atoms with E-state index in [0.717, 1.165) is 49.4 Å². The Labute approximate surface area is 130 Å². The summed E-state index contributed by atoms with van der Waals surface area (Å²) in [5.41, 5.74) is 2.71. The van der Waals surface area contributed by atoms with E-state index in [1.54, 1.807) is 0 Å². The zero-order valence-corrected chi connectivity index (χ0v) is 14.2. The van der Waals surface area contributed by atoms with Crippen molar-refractivity contribution < 1.29 is 9.47 Å². The van der Waals surface area contributed by atoms with Gasteiger partial charge in [-0.15, -0.1) is 0 Å². The van der Waals surface area contributed by atoms with E-state index >= 15 is 0 Å². The lowest BCUT2D eigenvalue weighted by molar-refractivity contribution is 0.133. The van der Waals surface area contributed by atoms with Gasteiger partial charge in [0.1, 0.15) is 5.75 Å². The second-order valence-corrected chi connectivity index (χ2v) is 7.11. The molecule has 1 aromatic carbocycles. The van der Waals surface area contributed by atoms with E-state index < -0.39 is 0 Å². The van der Waals surface area contributed by atoms with Crippen molar-refractivity contribution in [2.45, 2.75) is 39.2 Å². The summed E-state index contributed by atoms with van der Waals surface area (Å²) < 4.78 is 12.5. The molecule has 0 saturated heterocycles. The van der Waals surface area contributed by atoms with Gasteiger partial charge in [0.25, 0.3) is 0 Å². The standard InChI is InChI=1S/C16H24BrNO2/c1-16(2,3)18-6-9-19-7-4-12-10-14(17)11-13-5-8-20-15(12)13/h10-11,18H,4-9H2,1-3H3. The summed E-state index contributed by atoms with van der Waals surface area (Å²) in [6.07, 6.45) is 1.91. The first-order valence-electron chi connectivity index (χ1n) is 7.22. The summed E-state index contributed by atoms with van der Waals surface area (Å²) in [5.74, 6) is 1.07. The maximum atomic E-state index is 5.72. The zero-order chi connectivity index (χ0) is 14.6. The highest BCUT2D eigenvalue weighted by Crippen LogP contribution is 2.33. The van der Waals surface area contributed by atoms with E-state index in [1.807, 2.05) is 0 Å². The minimum absolute atomic E-state index is 0.155. The van der Waals surface area contributed by atoms with Crippen LogP contribution in [0.25, 0.3) is 0 Å². The smallest absolute Gasteiger partial charge is 0.125 e. The molecule has 0 amide bonds. The fourth-order valence-electron chi connectivity index (χ4n) is 2.31. The van der Waals surface area contributed by atoms with Crippen LogP contribution in [0.5, 0.6) is 5.75 Å². The van der Waals surface area contributed by atoms with Crippen molar-refractivity contribution >= 4 is 15.9 Å². The van der Waals surface area contributed by atoms with E-state index in [9.17, 15) is 0 Å². The highest BCUT2D eigenvalue weighted by atomic mass is 79.9. The maximum Gasteiger partial charge on any atom is 0.125 e. The van der Waals surface area contributed by atoms with E-state index in [2.05, 4.69) is 54.2 Å². The number of hydrogen-bond acceptors (Lipinski definition) is 3. The molecule has 4 heteroatoms. The third-order valence-electron chi connectivity index (χ3n) is 3.24. The predicted octanol–water partition coefficient (Wildman–Crippen LogP) is 3.33. The second-order valence-electron chi connectivity index (χ2n) is 6.19. The van der Waals surface area contributed by atoms with E-state index in [4.69, 9.17) is 9.47 Å². The molecule has 0 spiro atoms. The lowest BCUT2D eigenvalue weighted by Crippen LogP contribution is -2.38. The maximum absolute atomic E-state index is 5.72. The topological polar surface area (TPSA) is 30.5 Å². The average Bonchev–Trinajstić information content (AvgIpc) is 2.79. The normalized spacial score (nSPS) is 14.2. The molecule has 1 aliphatic rings. The largest absolute Gasteiger partial charge is 0.493 e. The van der Waals surface area contributed by atoms with Gasteiger partial charge in [0.15, 0.2) is 0 Å². The van der Waals surface area contributed by atoms with Crippen LogP contribution in [0, 0.1) is 0 Å². The number of hydrogen-bond donors (Lipinski definition) is 1. The molecule has 20 heavy (non-hydrogen) atoms. The van der Waals surface area contributed by atoms with Crippen LogP contribution in [0.2, 0.25) is 0 Å².